The SMILES string of the molecule is CC(C)(C)OC(=O)CCCC(O)c1ccccc1. The molecule has 1 N–H and O–H groups in total. The number of benzene rings is 1. The highest BCUT2D eigenvalue weighted by molar-refractivity contribution is 5.69. The second-order valence-electron chi connectivity index (χ2n) is 5.41. The second-order valence-corrected chi connectivity index (χ2v) is 5.41. The number of carbonyl (C=O) groups is 1. The third-order valence-electron chi connectivity index (χ3n) is 2.46. The monoisotopic (exact) mass is 250 g/mol. The minimum atomic E-state index is -0.506. The molecular formula is C15H22O3. The maximum absolute atomic E-state index is 11.5. The number of aliphatic hydroxyl groups excluding tert-OH is 1. The number of rotatable bonds is 5. The quantitative estimate of drug-likeness (QED) is 0.816. The summed E-state index contributed by atoms with van der Waals surface area (Å²) in [5.74, 6) is -0.206. The molecule has 0 saturated heterocycles. The third kappa shape index (κ3) is 5.82. The predicted molar refractivity (Wildman–Crippen MR) is 71.1 cm³/mol. The first kappa shape index (κ1) is 14.7. The van der Waals surface area contributed by atoms with Crippen LogP contribution in [0.25, 0.3) is 0 Å². The van der Waals surface area contributed by atoms with Crippen molar-refractivity contribution < 1.29 is 14.6 Å². The lowest BCUT2D eigenvalue weighted by atomic mass is 10.0. The topological polar surface area (TPSA) is 46.5 Å². The molecule has 1 atom stereocenters. The van der Waals surface area contributed by atoms with Gasteiger partial charge in [0.2, 0.25) is 0 Å². The van der Waals surface area contributed by atoms with Crippen molar-refractivity contribution in [3.63, 3.8) is 0 Å². The van der Waals surface area contributed by atoms with Crippen molar-refractivity contribution in [1.82, 2.24) is 0 Å². The number of hydrogen-bond acceptors (Lipinski definition) is 3. The Bertz CT molecular complexity index is 365. The van der Waals surface area contributed by atoms with Gasteiger partial charge in [-0.3, -0.25) is 4.79 Å². The Morgan fingerprint density at radius 1 is 1.28 bits per heavy atom. The molecule has 0 bridgehead atoms. The average Bonchev–Trinajstić information content (AvgIpc) is 2.27. The smallest absolute Gasteiger partial charge is 0.306 e. The Kier molecular flexibility index (Phi) is 5.35. The van der Waals surface area contributed by atoms with E-state index in [2.05, 4.69) is 0 Å². The van der Waals surface area contributed by atoms with Crippen LogP contribution in [-0.4, -0.2) is 16.7 Å². The Labute approximate surface area is 109 Å². The van der Waals surface area contributed by atoms with Crippen molar-refractivity contribution >= 4 is 5.97 Å². The zero-order valence-electron chi connectivity index (χ0n) is 11.3. The van der Waals surface area contributed by atoms with Crippen molar-refractivity contribution in [3.05, 3.63) is 35.9 Å². The molecule has 0 aliphatic rings. The summed E-state index contributed by atoms with van der Waals surface area (Å²) in [5, 5.41) is 9.91. The van der Waals surface area contributed by atoms with Crippen LogP contribution in [0.5, 0.6) is 0 Å². The van der Waals surface area contributed by atoms with Gasteiger partial charge in [0.1, 0.15) is 5.60 Å². The molecule has 1 rings (SSSR count). The van der Waals surface area contributed by atoms with Crippen molar-refractivity contribution in [2.24, 2.45) is 0 Å². The van der Waals surface area contributed by atoms with E-state index in [9.17, 15) is 9.90 Å². The van der Waals surface area contributed by atoms with E-state index in [-0.39, 0.29) is 5.97 Å². The fourth-order valence-corrected chi connectivity index (χ4v) is 1.67. The van der Waals surface area contributed by atoms with Crippen molar-refractivity contribution in [1.29, 1.82) is 0 Å². The number of aliphatic hydroxyl groups is 1. The van der Waals surface area contributed by atoms with E-state index in [1.54, 1.807) is 0 Å². The molecule has 0 saturated carbocycles. The maximum atomic E-state index is 11.5. The predicted octanol–water partition coefficient (Wildman–Crippen LogP) is 3.23. The molecule has 0 aliphatic carbocycles. The molecule has 0 spiro atoms. The van der Waals surface area contributed by atoms with Gasteiger partial charge in [0.05, 0.1) is 6.10 Å². The van der Waals surface area contributed by atoms with Gasteiger partial charge in [0, 0.05) is 6.42 Å². The van der Waals surface area contributed by atoms with Gasteiger partial charge in [-0.15, -0.1) is 0 Å². The summed E-state index contributed by atoms with van der Waals surface area (Å²) in [7, 11) is 0. The molecule has 0 radical (unpaired) electrons. The van der Waals surface area contributed by atoms with E-state index in [0.717, 1.165) is 5.56 Å². The maximum Gasteiger partial charge on any atom is 0.306 e. The molecule has 18 heavy (non-hydrogen) atoms. The molecule has 3 heteroatoms. The lowest BCUT2D eigenvalue weighted by Gasteiger charge is -2.19. The van der Waals surface area contributed by atoms with Crippen LogP contribution in [-0.2, 0) is 9.53 Å². The first-order valence-electron chi connectivity index (χ1n) is 6.33. The molecule has 1 aromatic rings. The zero-order valence-corrected chi connectivity index (χ0v) is 11.3. The fourth-order valence-electron chi connectivity index (χ4n) is 1.67. The molecule has 0 aliphatic heterocycles. The second kappa shape index (κ2) is 6.55. The third-order valence-corrected chi connectivity index (χ3v) is 2.46. The summed E-state index contributed by atoms with van der Waals surface area (Å²) < 4.78 is 5.20. The van der Waals surface area contributed by atoms with Gasteiger partial charge in [-0.05, 0) is 39.2 Å². The molecule has 0 aromatic heterocycles. The summed E-state index contributed by atoms with van der Waals surface area (Å²) in [4.78, 5) is 11.5. The zero-order chi connectivity index (χ0) is 13.6. The van der Waals surface area contributed by atoms with Gasteiger partial charge in [-0.1, -0.05) is 30.3 Å². The molecule has 0 fully saturated rings. The van der Waals surface area contributed by atoms with Crippen LogP contribution in [0, 0.1) is 0 Å². The van der Waals surface area contributed by atoms with Crippen LogP contribution in [0.2, 0.25) is 0 Å². The number of esters is 1. The van der Waals surface area contributed by atoms with Crippen molar-refractivity contribution in [2.45, 2.75) is 51.7 Å². The largest absolute Gasteiger partial charge is 0.460 e. The van der Waals surface area contributed by atoms with Crippen LogP contribution in [0.3, 0.4) is 0 Å². The van der Waals surface area contributed by atoms with E-state index in [1.165, 1.54) is 0 Å². The van der Waals surface area contributed by atoms with Crippen LogP contribution >= 0.6 is 0 Å². The molecule has 1 aromatic carbocycles. The van der Waals surface area contributed by atoms with Crippen LogP contribution < -0.4 is 0 Å². The van der Waals surface area contributed by atoms with Crippen LogP contribution in [0.1, 0.15) is 51.7 Å². The minimum absolute atomic E-state index is 0.206. The standard InChI is InChI=1S/C15H22O3/c1-15(2,3)18-14(17)11-7-10-13(16)12-8-5-4-6-9-12/h4-6,8-9,13,16H,7,10-11H2,1-3H3. The Morgan fingerprint density at radius 3 is 2.44 bits per heavy atom. The molecule has 0 heterocycles. The normalized spacial score (nSPS) is 13.1. The van der Waals surface area contributed by atoms with E-state index in [4.69, 9.17) is 4.74 Å². The highest BCUT2D eigenvalue weighted by Gasteiger charge is 2.16. The molecule has 1 unspecified atom stereocenters. The summed E-state index contributed by atoms with van der Waals surface area (Å²) in [6.45, 7) is 5.55. The Hall–Kier alpha value is -1.35. The lowest BCUT2D eigenvalue weighted by molar-refractivity contribution is -0.155. The highest BCUT2D eigenvalue weighted by atomic mass is 16.6. The van der Waals surface area contributed by atoms with Crippen LogP contribution in [0.4, 0.5) is 0 Å². The summed E-state index contributed by atoms with van der Waals surface area (Å²) in [6, 6.07) is 9.48. The van der Waals surface area contributed by atoms with Gasteiger partial charge in [0.15, 0.2) is 0 Å². The van der Waals surface area contributed by atoms with E-state index < -0.39 is 11.7 Å². The summed E-state index contributed by atoms with van der Waals surface area (Å²) in [5.41, 5.74) is 0.455. The molecule has 100 valence electrons. The first-order valence-corrected chi connectivity index (χ1v) is 6.33. The lowest BCUT2D eigenvalue weighted by Crippen LogP contribution is -2.23. The molecule has 0 amide bonds. The Balaban J connectivity index is 2.28. The van der Waals surface area contributed by atoms with E-state index in [1.807, 2.05) is 51.1 Å². The molecular weight excluding hydrogens is 228 g/mol. The van der Waals surface area contributed by atoms with Gasteiger partial charge in [-0.2, -0.15) is 0 Å². The van der Waals surface area contributed by atoms with Crippen molar-refractivity contribution in [2.75, 3.05) is 0 Å². The van der Waals surface area contributed by atoms with Gasteiger partial charge >= 0.3 is 5.97 Å². The Morgan fingerprint density at radius 2 is 1.89 bits per heavy atom. The number of carbonyl (C=O) groups excluding carboxylic acids is 1. The minimum Gasteiger partial charge on any atom is -0.460 e. The highest BCUT2D eigenvalue weighted by Crippen LogP contribution is 2.19. The van der Waals surface area contributed by atoms with E-state index >= 15 is 0 Å². The van der Waals surface area contributed by atoms with Gasteiger partial charge < -0.3 is 9.84 Å². The summed E-state index contributed by atoms with van der Waals surface area (Å²) in [6.07, 6.45) is 1.05. The fraction of sp³-hybridized carbons (Fsp3) is 0.533. The number of ether oxygens (including phenoxy) is 1. The average molecular weight is 250 g/mol. The van der Waals surface area contributed by atoms with E-state index in [0.29, 0.717) is 19.3 Å². The van der Waals surface area contributed by atoms with Gasteiger partial charge in [0.25, 0.3) is 0 Å². The molecule has 3 nitrogen and oxygen atoms in total. The number of hydrogen-bond donors (Lipinski definition) is 1. The first-order chi connectivity index (χ1) is 8.38. The van der Waals surface area contributed by atoms with Gasteiger partial charge in [-0.25, -0.2) is 0 Å². The summed E-state index contributed by atoms with van der Waals surface area (Å²) >= 11 is 0. The van der Waals surface area contributed by atoms with Crippen molar-refractivity contribution in [3.8, 4) is 0 Å². The van der Waals surface area contributed by atoms with Crippen LogP contribution in [0.15, 0.2) is 30.3 Å².